The molecule has 0 aliphatic heterocycles. The summed E-state index contributed by atoms with van der Waals surface area (Å²) in [5.41, 5.74) is 7.26. The summed E-state index contributed by atoms with van der Waals surface area (Å²) in [4.78, 5) is 13.7. The van der Waals surface area contributed by atoms with Gasteiger partial charge < -0.3 is 10.6 Å². The topological polar surface area (TPSA) is 46.3 Å². The molecule has 17 heavy (non-hydrogen) atoms. The van der Waals surface area contributed by atoms with Crippen LogP contribution in [-0.2, 0) is 6.54 Å². The third-order valence-corrected chi connectivity index (χ3v) is 2.69. The van der Waals surface area contributed by atoms with Crippen LogP contribution >= 0.6 is 0 Å². The zero-order valence-corrected chi connectivity index (χ0v) is 10.4. The number of hydrogen-bond donors (Lipinski definition) is 1. The minimum Gasteiger partial charge on any atom is -0.342 e. The molecule has 0 saturated heterocycles. The molecule has 0 radical (unpaired) electrons. The first kappa shape index (κ1) is 13.5. The fraction of sp³-hybridized carbons (Fsp3) is 0.357. The second-order valence-corrected chi connectivity index (χ2v) is 4.06. The van der Waals surface area contributed by atoms with Gasteiger partial charge >= 0.3 is 0 Å². The maximum Gasteiger partial charge on any atom is 0.253 e. The lowest BCUT2D eigenvalue weighted by Gasteiger charge is -2.16. The lowest BCUT2D eigenvalue weighted by molar-refractivity contribution is 0.0794. The maximum absolute atomic E-state index is 12.0. The van der Waals surface area contributed by atoms with Crippen LogP contribution in [-0.4, -0.2) is 24.4 Å². The molecular weight excluding hydrogens is 212 g/mol. The fourth-order valence-electron chi connectivity index (χ4n) is 1.58. The SMILES string of the molecule is C=CCCCN(C)C(=O)c1ccc(CN)cc1. The number of unbranched alkanes of at least 4 members (excludes halogenated alkanes) is 1. The predicted octanol–water partition coefficient (Wildman–Crippen LogP) is 2.18. The Balaban J connectivity index is 2.58. The number of amides is 1. The molecule has 3 nitrogen and oxygen atoms in total. The van der Waals surface area contributed by atoms with Crippen molar-refractivity contribution in [3.05, 3.63) is 48.0 Å². The number of allylic oxidation sites excluding steroid dienone is 1. The van der Waals surface area contributed by atoms with Gasteiger partial charge in [0.2, 0.25) is 0 Å². The van der Waals surface area contributed by atoms with Crippen LogP contribution < -0.4 is 5.73 Å². The van der Waals surface area contributed by atoms with Gasteiger partial charge in [-0.05, 0) is 30.5 Å². The maximum atomic E-state index is 12.0. The Morgan fingerprint density at radius 1 is 1.41 bits per heavy atom. The Morgan fingerprint density at radius 3 is 2.59 bits per heavy atom. The highest BCUT2D eigenvalue weighted by atomic mass is 16.2. The Hall–Kier alpha value is -1.61. The molecule has 0 aliphatic rings. The minimum atomic E-state index is 0.0534. The number of hydrogen-bond acceptors (Lipinski definition) is 2. The van der Waals surface area contributed by atoms with Crippen LogP contribution in [0.2, 0.25) is 0 Å². The molecule has 1 amide bonds. The van der Waals surface area contributed by atoms with Crippen molar-refractivity contribution in [2.45, 2.75) is 19.4 Å². The van der Waals surface area contributed by atoms with E-state index in [1.54, 1.807) is 4.90 Å². The van der Waals surface area contributed by atoms with Crippen LogP contribution in [0.4, 0.5) is 0 Å². The Kier molecular flexibility index (Phi) is 5.43. The van der Waals surface area contributed by atoms with Gasteiger partial charge in [-0.15, -0.1) is 6.58 Å². The van der Waals surface area contributed by atoms with Crippen molar-refractivity contribution in [1.82, 2.24) is 4.90 Å². The van der Waals surface area contributed by atoms with Crippen molar-refractivity contribution in [3.63, 3.8) is 0 Å². The molecule has 0 aromatic heterocycles. The summed E-state index contributed by atoms with van der Waals surface area (Å²) in [7, 11) is 1.82. The molecule has 0 fully saturated rings. The van der Waals surface area contributed by atoms with Gasteiger partial charge in [0.1, 0.15) is 0 Å². The Labute approximate surface area is 103 Å². The predicted molar refractivity (Wildman–Crippen MR) is 70.7 cm³/mol. The summed E-state index contributed by atoms with van der Waals surface area (Å²) < 4.78 is 0. The smallest absolute Gasteiger partial charge is 0.253 e. The second kappa shape index (κ2) is 6.86. The van der Waals surface area contributed by atoms with E-state index in [4.69, 9.17) is 5.73 Å². The number of carbonyl (C=O) groups excluding carboxylic acids is 1. The summed E-state index contributed by atoms with van der Waals surface area (Å²) in [6, 6.07) is 7.44. The van der Waals surface area contributed by atoms with E-state index in [1.807, 2.05) is 37.4 Å². The quantitative estimate of drug-likeness (QED) is 0.603. The van der Waals surface area contributed by atoms with Crippen molar-refractivity contribution < 1.29 is 4.79 Å². The molecular formula is C14H20N2O. The molecule has 1 aromatic rings. The molecule has 3 heteroatoms. The van der Waals surface area contributed by atoms with E-state index in [1.165, 1.54) is 0 Å². The van der Waals surface area contributed by atoms with Gasteiger partial charge in [-0.3, -0.25) is 4.79 Å². The van der Waals surface area contributed by atoms with Gasteiger partial charge in [-0.25, -0.2) is 0 Å². The first-order valence-corrected chi connectivity index (χ1v) is 5.84. The third kappa shape index (κ3) is 4.04. The van der Waals surface area contributed by atoms with Crippen LogP contribution in [0.5, 0.6) is 0 Å². The molecule has 0 atom stereocenters. The van der Waals surface area contributed by atoms with E-state index in [0.717, 1.165) is 24.9 Å². The van der Waals surface area contributed by atoms with Crippen molar-refractivity contribution in [2.75, 3.05) is 13.6 Å². The zero-order valence-electron chi connectivity index (χ0n) is 10.4. The Bertz CT molecular complexity index is 370. The molecule has 0 bridgehead atoms. The van der Waals surface area contributed by atoms with Gasteiger partial charge in [0, 0.05) is 25.7 Å². The summed E-state index contributed by atoms with van der Waals surface area (Å²) in [6.07, 6.45) is 3.75. The van der Waals surface area contributed by atoms with Gasteiger partial charge in [0.05, 0.1) is 0 Å². The summed E-state index contributed by atoms with van der Waals surface area (Å²) in [6.45, 7) is 4.92. The average molecular weight is 232 g/mol. The number of rotatable bonds is 6. The van der Waals surface area contributed by atoms with Crippen molar-refractivity contribution in [3.8, 4) is 0 Å². The molecule has 0 spiro atoms. The first-order chi connectivity index (χ1) is 8.19. The average Bonchev–Trinajstić information content (AvgIpc) is 2.38. The number of nitrogens with zero attached hydrogens (tertiary/aromatic N) is 1. The van der Waals surface area contributed by atoms with Crippen LogP contribution in [0.15, 0.2) is 36.9 Å². The van der Waals surface area contributed by atoms with Gasteiger partial charge in [0.15, 0.2) is 0 Å². The number of benzene rings is 1. The number of carbonyl (C=O) groups is 1. The van der Waals surface area contributed by atoms with Crippen molar-refractivity contribution in [1.29, 1.82) is 0 Å². The molecule has 92 valence electrons. The fourth-order valence-corrected chi connectivity index (χ4v) is 1.58. The summed E-state index contributed by atoms with van der Waals surface area (Å²) >= 11 is 0. The van der Waals surface area contributed by atoms with Crippen LogP contribution in [0, 0.1) is 0 Å². The highest BCUT2D eigenvalue weighted by Gasteiger charge is 2.10. The van der Waals surface area contributed by atoms with E-state index in [0.29, 0.717) is 12.1 Å². The first-order valence-electron chi connectivity index (χ1n) is 5.84. The van der Waals surface area contributed by atoms with E-state index < -0.39 is 0 Å². The van der Waals surface area contributed by atoms with E-state index in [9.17, 15) is 4.79 Å². The summed E-state index contributed by atoms with van der Waals surface area (Å²) in [5, 5.41) is 0. The molecule has 2 N–H and O–H groups in total. The zero-order chi connectivity index (χ0) is 12.7. The van der Waals surface area contributed by atoms with Gasteiger partial charge in [-0.1, -0.05) is 18.2 Å². The third-order valence-electron chi connectivity index (χ3n) is 2.69. The van der Waals surface area contributed by atoms with E-state index in [2.05, 4.69) is 6.58 Å². The molecule has 1 rings (SSSR count). The van der Waals surface area contributed by atoms with Crippen molar-refractivity contribution in [2.24, 2.45) is 5.73 Å². The highest BCUT2D eigenvalue weighted by molar-refractivity contribution is 5.94. The monoisotopic (exact) mass is 232 g/mol. The van der Waals surface area contributed by atoms with E-state index >= 15 is 0 Å². The molecule has 0 heterocycles. The standard InChI is InChI=1S/C14H20N2O/c1-3-4-5-10-16(2)14(17)13-8-6-12(11-15)7-9-13/h3,6-9H,1,4-5,10-11,15H2,2H3. The largest absolute Gasteiger partial charge is 0.342 e. The molecule has 0 saturated carbocycles. The van der Waals surface area contributed by atoms with Crippen LogP contribution in [0.1, 0.15) is 28.8 Å². The Morgan fingerprint density at radius 2 is 2.06 bits per heavy atom. The molecule has 0 unspecified atom stereocenters. The van der Waals surface area contributed by atoms with Crippen LogP contribution in [0.25, 0.3) is 0 Å². The lowest BCUT2D eigenvalue weighted by Crippen LogP contribution is -2.27. The van der Waals surface area contributed by atoms with E-state index in [-0.39, 0.29) is 5.91 Å². The number of nitrogens with two attached hydrogens (primary N) is 1. The van der Waals surface area contributed by atoms with Crippen molar-refractivity contribution >= 4 is 5.91 Å². The van der Waals surface area contributed by atoms with Gasteiger partial charge in [0.25, 0.3) is 5.91 Å². The molecule has 0 aliphatic carbocycles. The highest BCUT2D eigenvalue weighted by Crippen LogP contribution is 2.07. The van der Waals surface area contributed by atoms with Crippen LogP contribution in [0.3, 0.4) is 0 Å². The van der Waals surface area contributed by atoms with Gasteiger partial charge in [-0.2, -0.15) is 0 Å². The second-order valence-electron chi connectivity index (χ2n) is 4.06. The summed E-state index contributed by atoms with van der Waals surface area (Å²) in [5.74, 6) is 0.0534. The molecule has 1 aromatic carbocycles. The normalized spacial score (nSPS) is 10.0. The lowest BCUT2D eigenvalue weighted by atomic mass is 10.1. The minimum absolute atomic E-state index is 0.0534.